The van der Waals surface area contributed by atoms with Crippen molar-refractivity contribution in [1.82, 2.24) is 14.9 Å². The first-order chi connectivity index (χ1) is 10.1. The Morgan fingerprint density at radius 1 is 1.52 bits per heavy atom. The van der Waals surface area contributed by atoms with Crippen molar-refractivity contribution in [3.05, 3.63) is 53.4 Å². The largest absolute Gasteiger partial charge is 0.346 e. The van der Waals surface area contributed by atoms with Gasteiger partial charge in [0.25, 0.3) is 0 Å². The van der Waals surface area contributed by atoms with Crippen LogP contribution >= 0.6 is 0 Å². The van der Waals surface area contributed by atoms with Gasteiger partial charge < -0.3 is 9.88 Å². The molecule has 1 aromatic heterocycles. The van der Waals surface area contributed by atoms with Gasteiger partial charge in [-0.2, -0.15) is 0 Å². The maximum atomic E-state index is 13.1. The Hall–Kier alpha value is -2.17. The summed E-state index contributed by atoms with van der Waals surface area (Å²) in [5.74, 6) is 0.973. The first-order valence-electron chi connectivity index (χ1n) is 7.15. The molecular formula is C16H18FN3O. The fourth-order valence-corrected chi connectivity index (χ4v) is 2.78. The second-order valence-corrected chi connectivity index (χ2v) is 5.58. The van der Waals surface area contributed by atoms with Gasteiger partial charge in [-0.3, -0.25) is 4.79 Å². The molecule has 1 aliphatic rings. The van der Waals surface area contributed by atoms with E-state index < -0.39 is 0 Å². The smallest absolute Gasteiger partial charge is 0.227 e. The number of aromatic amines is 1. The zero-order valence-corrected chi connectivity index (χ0v) is 12.0. The van der Waals surface area contributed by atoms with E-state index in [0.717, 1.165) is 30.0 Å². The van der Waals surface area contributed by atoms with E-state index in [-0.39, 0.29) is 24.1 Å². The van der Waals surface area contributed by atoms with E-state index in [1.165, 1.54) is 12.1 Å². The Bertz CT molecular complexity index is 652. The maximum absolute atomic E-state index is 13.1. The van der Waals surface area contributed by atoms with Gasteiger partial charge in [0.05, 0.1) is 6.42 Å². The SMILES string of the molecule is Cc1cnc([C@H]2CCN(C(=O)Cc3cccc(F)c3)C2)[nH]1. The Morgan fingerprint density at radius 3 is 3.10 bits per heavy atom. The van der Waals surface area contributed by atoms with Crippen LogP contribution in [0, 0.1) is 12.7 Å². The molecule has 3 rings (SSSR count). The van der Waals surface area contributed by atoms with Gasteiger partial charge in [-0.1, -0.05) is 12.1 Å². The molecular weight excluding hydrogens is 269 g/mol. The molecule has 0 spiro atoms. The van der Waals surface area contributed by atoms with Crippen molar-refractivity contribution < 1.29 is 9.18 Å². The van der Waals surface area contributed by atoms with Crippen molar-refractivity contribution in [3.8, 4) is 0 Å². The molecule has 110 valence electrons. The lowest BCUT2D eigenvalue weighted by molar-refractivity contribution is -0.129. The third-order valence-corrected chi connectivity index (χ3v) is 3.89. The molecule has 1 aromatic carbocycles. The van der Waals surface area contributed by atoms with Crippen molar-refractivity contribution in [3.63, 3.8) is 0 Å². The number of benzene rings is 1. The lowest BCUT2D eigenvalue weighted by Crippen LogP contribution is -2.30. The van der Waals surface area contributed by atoms with Gasteiger partial charge in [-0.25, -0.2) is 9.37 Å². The van der Waals surface area contributed by atoms with Crippen LogP contribution in [0.25, 0.3) is 0 Å². The minimum atomic E-state index is -0.300. The number of hydrogen-bond acceptors (Lipinski definition) is 2. The Labute approximate surface area is 123 Å². The third kappa shape index (κ3) is 3.12. The van der Waals surface area contributed by atoms with Crippen LogP contribution in [0.4, 0.5) is 4.39 Å². The molecule has 0 radical (unpaired) electrons. The zero-order valence-electron chi connectivity index (χ0n) is 12.0. The Morgan fingerprint density at radius 2 is 2.38 bits per heavy atom. The van der Waals surface area contributed by atoms with Crippen LogP contribution in [0.3, 0.4) is 0 Å². The number of nitrogens with one attached hydrogen (secondary N) is 1. The first-order valence-corrected chi connectivity index (χ1v) is 7.15. The summed E-state index contributed by atoms with van der Waals surface area (Å²) in [5, 5.41) is 0. The molecule has 0 saturated carbocycles. The topological polar surface area (TPSA) is 49.0 Å². The van der Waals surface area contributed by atoms with Crippen molar-refractivity contribution in [2.45, 2.75) is 25.7 Å². The molecule has 1 aliphatic heterocycles. The van der Waals surface area contributed by atoms with E-state index in [0.29, 0.717) is 6.54 Å². The fraction of sp³-hybridized carbons (Fsp3) is 0.375. The highest BCUT2D eigenvalue weighted by Crippen LogP contribution is 2.25. The first kappa shape index (κ1) is 13.8. The van der Waals surface area contributed by atoms with Gasteiger partial charge in [-0.05, 0) is 31.0 Å². The van der Waals surface area contributed by atoms with Crippen LogP contribution in [0.2, 0.25) is 0 Å². The molecule has 1 N–H and O–H groups in total. The number of nitrogens with zero attached hydrogens (tertiary/aromatic N) is 2. The van der Waals surface area contributed by atoms with Crippen LogP contribution in [0.5, 0.6) is 0 Å². The summed E-state index contributed by atoms with van der Waals surface area (Å²) in [4.78, 5) is 21.7. The fourth-order valence-electron chi connectivity index (χ4n) is 2.78. The molecule has 2 aromatic rings. The van der Waals surface area contributed by atoms with Gasteiger partial charge in [0, 0.05) is 30.9 Å². The van der Waals surface area contributed by atoms with E-state index in [1.807, 2.05) is 18.0 Å². The van der Waals surface area contributed by atoms with Gasteiger partial charge in [0.1, 0.15) is 11.6 Å². The predicted octanol–water partition coefficient (Wildman–Crippen LogP) is 2.42. The molecule has 1 atom stereocenters. The number of carbonyl (C=O) groups is 1. The number of rotatable bonds is 3. The van der Waals surface area contributed by atoms with Crippen LogP contribution in [0.1, 0.15) is 29.4 Å². The predicted molar refractivity (Wildman–Crippen MR) is 77.4 cm³/mol. The number of carbonyl (C=O) groups excluding carboxylic acids is 1. The number of aromatic nitrogens is 2. The highest BCUT2D eigenvalue weighted by Gasteiger charge is 2.28. The summed E-state index contributed by atoms with van der Waals surface area (Å²) in [7, 11) is 0. The lowest BCUT2D eigenvalue weighted by atomic mass is 10.1. The van der Waals surface area contributed by atoms with E-state index in [9.17, 15) is 9.18 Å². The monoisotopic (exact) mass is 287 g/mol. The highest BCUT2D eigenvalue weighted by atomic mass is 19.1. The molecule has 4 nitrogen and oxygen atoms in total. The second kappa shape index (κ2) is 5.68. The molecule has 0 unspecified atom stereocenters. The van der Waals surface area contributed by atoms with Crippen LogP contribution in [-0.4, -0.2) is 33.9 Å². The summed E-state index contributed by atoms with van der Waals surface area (Å²) in [5.41, 5.74) is 1.76. The molecule has 5 heteroatoms. The summed E-state index contributed by atoms with van der Waals surface area (Å²) >= 11 is 0. The average Bonchev–Trinajstić information content (AvgIpc) is 3.07. The molecule has 21 heavy (non-hydrogen) atoms. The van der Waals surface area contributed by atoms with Crippen LogP contribution < -0.4 is 0 Å². The van der Waals surface area contributed by atoms with E-state index in [1.54, 1.807) is 12.1 Å². The highest BCUT2D eigenvalue weighted by molar-refractivity contribution is 5.79. The maximum Gasteiger partial charge on any atom is 0.227 e. The Kier molecular flexibility index (Phi) is 3.73. The van der Waals surface area contributed by atoms with Gasteiger partial charge in [0.2, 0.25) is 5.91 Å². The molecule has 1 fully saturated rings. The molecule has 2 heterocycles. The van der Waals surface area contributed by atoms with Crippen molar-refractivity contribution in [1.29, 1.82) is 0 Å². The van der Waals surface area contributed by atoms with E-state index in [4.69, 9.17) is 0 Å². The number of amides is 1. The molecule has 0 aliphatic carbocycles. The minimum Gasteiger partial charge on any atom is -0.346 e. The van der Waals surface area contributed by atoms with Crippen molar-refractivity contribution >= 4 is 5.91 Å². The number of likely N-dealkylation sites (tertiary alicyclic amines) is 1. The third-order valence-electron chi connectivity index (χ3n) is 3.89. The summed E-state index contributed by atoms with van der Waals surface area (Å²) in [6, 6.07) is 6.22. The van der Waals surface area contributed by atoms with Gasteiger partial charge in [0.15, 0.2) is 0 Å². The standard InChI is InChI=1S/C16H18FN3O/c1-11-9-18-16(19-11)13-5-6-20(10-13)15(21)8-12-3-2-4-14(17)7-12/h2-4,7,9,13H,5-6,8,10H2,1H3,(H,18,19)/t13-/m0/s1. The van der Waals surface area contributed by atoms with Crippen LogP contribution in [-0.2, 0) is 11.2 Å². The lowest BCUT2D eigenvalue weighted by Gasteiger charge is -2.16. The summed E-state index contributed by atoms with van der Waals surface area (Å²) < 4.78 is 13.1. The number of aryl methyl sites for hydroxylation is 1. The average molecular weight is 287 g/mol. The van der Waals surface area contributed by atoms with Crippen LogP contribution in [0.15, 0.2) is 30.5 Å². The van der Waals surface area contributed by atoms with Crippen molar-refractivity contribution in [2.24, 2.45) is 0 Å². The second-order valence-electron chi connectivity index (χ2n) is 5.58. The molecule has 0 bridgehead atoms. The van der Waals surface area contributed by atoms with Gasteiger partial charge in [-0.15, -0.1) is 0 Å². The number of halogens is 1. The quantitative estimate of drug-likeness (QED) is 0.942. The number of imidazole rings is 1. The normalized spacial score (nSPS) is 18.2. The minimum absolute atomic E-state index is 0.0476. The Balaban J connectivity index is 1.62. The van der Waals surface area contributed by atoms with Crippen molar-refractivity contribution in [2.75, 3.05) is 13.1 Å². The number of H-pyrrole nitrogens is 1. The van der Waals surface area contributed by atoms with E-state index >= 15 is 0 Å². The molecule has 1 saturated heterocycles. The summed E-state index contributed by atoms with van der Waals surface area (Å²) in [6.07, 6.45) is 2.98. The number of hydrogen-bond donors (Lipinski definition) is 1. The van der Waals surface area contributed by atoms with E-state index in [2.05, 4.69) is 9.97 Å². The zero-order chi connectivity index (χ0) is 14.8. The summed E-state index contributed by atoms with van der Waals surface area (Å²) in [6.45, 7) is 3.39. The van der Waals surface area contributed by atoms with Gasteiger partial charge >= 0.3 is 0 Å². The molecule has 1 amide bonds.